The summed E-state index contributed by atoms with van der Waals surface area (Å²) in [4.78, 5) is 14.8. The summed E-state index contributed by atoms with van der Waals surface area (Å²) in [5, 5.41) is 3.30. The molecule has 0 bridgehead atoms. The van der Waals surface area contributed by atoms with Gasteiger partial charge in [0.25, 0.3) is 0 Å². The second-order valence-electron chi connectivity index (χ2n) is 6.43. The molecule has 1 aliphatic rings. The molecule has 1 aliphatic heterocycles. The maximum Gasteiger partial charge on any atom is 0.228 e. The van der Waals surface area contributed by atoms with Crippen molar-refractivity contribution in [3.63, 3.8) is 0 Å². The van der Waals surface area contributed by atoms with Gasteiger partial charge in [0.05, 0.1) is 0 Å². The minimum absolute atomic E-state index is 0. The number of rotatable bonds is 4. The van der Waals surface area contributed by atoms with Gasteiger partial charge in [-0.05, 0) is 31.9 Å². The van der Waals surface area contributed by atoms with Crippen molar-refractivity contribution in [2.24, 2.45) is 5.41 Å². The normalized spacial score (nSPS) is 19.0. The molecule has 0 saturated carbocycles. The molecule has 1 atom stereocenters. The Labute approximate surface area is 134 Å². The van der Waals surface area contributed by atoms with Gasteiger partial charge in [-0.3, -0.25) is 4.79 Å². The van der Waals surface area contributed by atoms with E-state index in [-0.39, 0.29) is 23.7 Å². The van der Waals surface area contributed by atoms with E-state index < -0.39 is 0 Å². The molecule has 1 aromatic rings. The summed E-state index contributed by atoms with van der Waals surface area (Å²) >= 11 is 0. The molecule has 1 unspecified atom stereocenters. The molecule has 118 valence electrons. The van der Waals surface area contributed by atoms with Crippen LogP contribution in [0.1, 0.15) is 32.3 Å². The number of hydrogen-bond donors (Lipinski definition) is 1. The highest BCUT2D eigenvalue weighted by atomic mass is 35.5. The first-order valence-corrected chi connectivity index (χ1v) is 7.53. The fourth-order valence-corrected chi connectivity index (χ4v) is 3.01. The predicted octanol–water partition coefficient (Wildman–Crippen LogP) is 2.89. The molecule has 0 radical (unpaired) electrons. The van der Waals surface area contributed by atoms with Crippen molar-refractivity contribution in [1.82, 2.24) is 10.2 Å². The van der Waals surface area contributed by atoms with Gasteiger partial charge in [-0.2, -0.15) is 0 Å². The molecule has 21 heavy (non-hydrogen) atoms. The van der Waals surface area contributed by atoms with Crippen LogP contribution in [0.25, 0.3) is 0 Å². The molecule has 0 spiro atoms. The second-order valence-corrected chi connectivity index (χ2v) is 6.43. The SMILES string of the molecule is CNC1CCCN(C(=O)C(C)(C)Cc2ccccc2)C1.Cl. The molecule has 2 rings (SSSR count). The molecule has 0 aliphatic carbocycles. The number of piperidine rings is 1. The van der Waals surface area contributed by atoms with Crippen LogP contribution in [0, 0.1) is 5.41 Å². The zero-order chi connectivity index (χ0) is 14.6. The van der Waals surface area contributed by atoms with Crippen LogP contribution in [-0.2, 0) is 11.2 Å². The first-order valence-electron chi connectivity index (χ1n) is 7.53. The molecule has 0 aromatic heterocycles. The number of benzene rings is 1. The smallest absolute Gasteiger partial charge is 0.228 e. The third kappa shape index (κ3) is 4.72. The minimum atomic E-state index is -0.336. The van der Waals surface area contributed by atoms with E-state index in [1.807, 2.05) is 30.1 Å². The van der Waals surface area contributed by atoms with Gasteiger partial charge in [-0.1, -0.05) is 44.2 Å². The average molecular weight is 311 g/mol. The molecular formula is C17H27ClN2O. The van der Waals surface area contributed by atoms with Crippen LogP contribution < -0.4 is 5.32 Å². The molecule has 1 amide bonds. The summed E-state index contributed by atoms with van der Waals surface area (Å²) in [6, 6.07) is 10.7. The zero-order valence-corrected chi connectivity index (χ0v) is 14.1. The van der Waals surface area contributed by atoms with Gasteiger partial charge in [-0.25, -0.2) is 0 Å². The number of carbonyl (C=O) groups excluding carboxylic acids is 1. The largest absolute Gasteiger partial charge is 0.341 e. The molecule has 1 fully saturated rings. The van der Waals surface area contributed by atoms with Crippen LogP contribution in [0.5, 0.6) is 0 Å². The maximum absolute atomic E-state index is 12.8. The molecule has 1 N–H and O–H groups in total. The molecule has 4 heteroatoms. The van der Waals surface area contributed by atoms with Gasteiger partial charge >= 0.3 is 0 Å². The van der Waals surface area contributed by atoms with E-state index in [1.165, 1.54) is 12.0 Å². The summed E-state index contributed by atoms with van der Waals surface area (Å²) in [6.07, 6.45) is 3.06. The van der Waals surface area contributed by atoms with E-state index in [4.69, 9.17) is 0 Å². The summed E-state index contributed by atoms with van der Waals surface area (Å²) in [7, 11) is 1.98. The highest BCUT2D eigenvalue weighted by molar-refractivity contribution is 5.85. The van der Waals surface area contributed by atoms with Gasteiger partial charge in [0.1, 0.15) is 0 Å². The van der Waals surface area contributed by atoms with Crippen LogP contribution in [0.2, 0.25) is 0 Å². The van der Waals surface area contributed by atoms with Gasteiger partial charge in [0, 0.05) is 24.5 Å². The van der Waals surface area contributed by atoms with Crippen molar-refractivity contribution in [2.75, 3.05) is 20.1 Å². The van der Waals surface area contributed by atoms with E-state index >= 15 is 0 Å². The lowest BCUT2D eigenvalue weighted by Crippen LogP contribution is -2.51. The Balaban J connectivity index is 0.00000220. The lowest BCUT2D eigenvalue weighted by molar-refractivity contribution is -0.141. The summed E-state index contributed by atoms with van der Waals surface area (Å²) in [5.74, 6) is 0.279. The fourth-order valence-electron chi connectivity index (χ4n) is 3.01. The fraction of sp³-hybridized carbons (Fsp3) is 0.588. The molecule has 1 saturated heterocycles. The van der Waals surface area contributed by atoms with E-state index in [0.29, 0.717) is 6.04 Å². The summed E-state index contributed by atoms with van der Waals surface area (Å²) in [5.41, 5.74) is 0.893. The summed E-state index contributed by atoms with van der Waals surface area (Å²) < 4.78 is 0. The Morgan fingerprint density at radius 3 is 2.62 bits per heavy atom. The highest BCUT2D eigenvalue weighted by Crippen LogP contribution is 2.26. The summed E-state index contributed by atoms with van der Waals surface area (Å²) in [6.45, 7) is 5.86. The first-order chi connectivity index (χ1) is 9.53. The monoisotopic (exact) mass is 310 g/mol. The minimum Gasteiger partial charge on any atom is -0.341 e. The van der Waals surface area contributed by atoms with E-state index in [2.05, 4.69) is 31.3 Å². The highest BCUT2D eigenvalue weighted by Gasteiger charge is 2.34. The molecule has 1 aromatic carbocycles. The Hall–Kier alpha value is -1.06. The Morgan fingerprint density at radius 2 is 2.00 bits per heavy atom. The molecule has 1 heterocycles. The van der Waals surface area contributed by atoms with E-state index in [0.717, 1.165) is 25.9 Å². The van der Waals surface area contributed by atoms with Crippen molar-refractivity contribution in [3.8, 4) is 0 Å². The third-order valence-corrected chi connectivity index (χ3v) is 4.18. The van der Waals surface area contributed by atoms with E-state index in [1.54, 1.807) is 0 Å². The van der Waals surface area contributed by atoms with Crippen molar-refractivity contribution < 1.29 is 4.79 Å². The maximum atomic E-state index is 12.8. The zero-order valence-electron chi connectivity index (χ0n) is 13.3. The number of amides is 1. The number of halogens is 1. The van der Waals surface area contributed by atoms with E-state index in [9.17, 15) is 4.79 Å². The number of carbonyl (C=O) groups is 1. The molecular weight excluding hydrogens is 284 g/mol. The van der Waals surface area contributed by atoms with Gasteiger partial charge < -0.3 is 10.2 Å². The van der Waals surface area contributed by atoms with Gasteiger partial charge in [-0.15, -0.1) is 12.4 Å². The lowest BCUT2D eigenvalue weighted by atomic mass is 9.83. The van der Waals surface area contributed by atoms with Crippen LogP contribution in [0.3, 0.4) is 0 Å². The van der Waals surface area contributed by atoms with Crippen molar-refractivity contribution in [2.45, 2.75) is 39.2 Å². The quantitative estimate of drug-likeness (QED) is 0.927. The number of likely N-dealkylation sites (N-methyl/N-ethyl adjacent to an activating group) is 1. The van der Waals surface area contributed by atoms with Gasteiger partial charge in [0.2, 0.25) is 5.91 Å². The average Bonchev–Trinajstić information content (AvgIpc) is 2.47. The molecule has 3 nitrogen and oxygen atoms in total. The Kier molecular flexibility index (Phi) is 6.69. The van der Waals surface area contributed by atoms with Crippen LogP contribution in [0.15, 0.2) is 30.3 Å². The number of hydrogen-bond acceptors (Lipinski definition) is 2. The van der Waals surface area contributed by atoms with Crippen LogP contribution in [-0.4, -0.2) is 37.0 Å². The van der Waals surface area contributed by atoms with Crippen LogP contribution in [0.4, 0.5) is 0 Å². The number of likely N-dealkylation sites (tertiary alicyclic amines) is 1. The number of nitrogens with zero attached hydrogens (tertiary/aromatic N) is 1. The van der Waals surface area contributed by atoms with Crippen molar-refractivity contribution >= 4 is 18.3 Å². The number of nitrogens with one attached hydrogen (secondary N) is 1. The van der Waals surface area contributed by atoms with Crippen LogP contribution >= 0.6 is 12.4 Å². The third-order valence-electron chi connectivity index (χ3n) is 4.18. The Bertz CT molecular complexity index is 447. The van der Waals surface area contributed by atoms with Gasteiger partial charge in [0.15, 0.2) is 0 Å². The topological polar surface area (TPSA) is 32.3 Å². The lowest BCUT2D eigenvalue weighted by Gasteiger charge is -2.37. The Morgan fingerprint density at radius 1 is 1.33 bits per heavy atom. The predicted molar refractivity (Wildman–Crippen MR) is 89.8 cm³/mol. The van der Waals surface area contributed by atoms with Crippen molar-refractivity contribution in [3.05, 3.63) is 35.9 Å². The standard InChI is InChI=1S/C17H26N2O.ClH/c1-17(2,12-14-8-5-4-6-9-14)16(20)19-11-7-10-15(13-19)18-3;/h4-6,8-9,15,18H,7,10-13H2,1-3H3;1H. The van der Waals surface area contributed by atoms with Crippen molar-refractivity contribution in [1.29, 1.82) is 0 Å². The second kappa shape index (κ2) is 7.81. The first kappa shape index (κ1) is 18.0.